The number of carbonyl (C=O) groups is 1. The molecule has 1 rings (SSSR count). The van der Waals surface area contributed by atoms with E-state index in [1.165, 1.54) is 6.08 Å². The van der Waals surface area contributed by atoms with Gasteiger partial charge in [-0.25, -0.2) is 0 Å². The van der Waals surface area contributed by atoms with Crippen LogP contribution < -0.4 is 5.32 Å². The van der Waals surface area contributed by atoms with Crippen LogP contribution in [0.15, 0.2) is 29.0 Å². The fourth-order valence-corrected chi connectivity index (χ4v) is 1.34. The minimum Gasteiger partial charge on any atom is -0.384 e. The smallest absolute Gasteiger partial charge is 0.258 e. The van der Waals surface area contributed by atoms with Crippen LogP contribution in [-0.4, -0.2) is 24.8 Å². The normalized spacial score (nSPS) is 10.8. The summed E-state index contributed by atoms with van der Waals surface area (Å²) in [5.74, 6) is -0.0621. The molecule has 0 saturated heterocycles. The Morgan fingerprint density at radius 2 is 2.47 bits per heavy atom. The zero-order valence-corrected chi connectivity index (χ0v) is 10.2. The van der Waals surface area contributed by atoms with Gasteiger partial charge in [0.1, 0.15) is 0 Å². The number of nitrogens with zero attached hydrogens (tertiary/aromatic N) is 1. The maximum atomic E-state index is 11.2. The molecule has 0 bridgehead atoms. The van der Waals surface area contributed by atoms with E-state index in [0.717, 1.165) is 5.69 Å². The predicted molar refractivity (Wildman–Crippen MR) is 63.7 cm³/mol. The van der Waals surface area contributed by atoms with Gasteiger partial charge in [0.05, 0.1) is 12.3 Å². The SMILES string of the molecule is C=C=CC(=O)Nc1cc(C(C)(C)COC)no1. The van der Waals surface area contributed by atoms with E-state index >= 15 is 0 Å². The van der Waals surface area contributed by atoms with Crippen LogP contribution in [0, 0.1) is 0 Å². The fourth-order valence-electron chi connectivity index (χ4n) is 1.34. The van der Waals surface area contributed by atoms with Crippen LogP contribution in [-0.2, 0) is 14.9 Å². The van der Waals surface area contributed by atoms with Gasteiger partial charge >= 0.3 is 0 Å². The third-order valence-corrected chi connectivity index (χ3v) is 2.19. The van der Waals surface area contributed by atoms with Crippen molar-refractivity contribution in [1.29, 1.82) is 0 Å². The van der Waals surface area contributed by atoms with Crippen molar-refractivity contribution in [2.45, 2.75) is 19.3 Å². The number of aromatic nitrogens is 1. The van der Waals surface area contributed by atoms with Crippen molar-refractivity contribution < 1.29 is 14.1 Å². The van der Waals surface area contributed by atoms with Crippen LogP contribution in [0.3, 0.4) is 0 Å². The summed E-state index contributed by atoms with van der Waals surface area (Å²) in [6.07, 6.45) is 1.18. The molecule has 5 nitrogen and oxygen atoms in total. The summed E-state index contributed by atoms with van der Waals surface area (Å²) in [6.45, 7) is 7.77. The summed E-state index contributed by atoms with van der Waals surface area (Å²) in [7, 11) is 1.62. The molecule has 0 aliphatic heterocycles. The molecule has 0 unspecified atom stereocenters. The van der Waals surface area contributed by atoms with Gasteiger partial charge in [-0.1, -0.05) is 25.6 Å². The number of amides is 1. The maximum absolute atomic E-state index is 11.2. The molecule has 0 saturated carbocycles. The highest BCUT2D eigenvalue weighted by molar-refractivity contribution is 5.98. The lowest BCUT2D eigenvalue weighted by molar-refractivity contribution is -0.112. The lowest BCUT2D eigenvalue weighted by Gasteiger charge is -2.19. The summed E-state index contributed by atoms with van der Waals surface area (Å²) >= 11 is 0. The van der Waals surface area contributed by atoms with Crippen molar-refractivity contribution in [1.82, 2.24) is 5.16 Å². The van der Waals surface area contributed by atoms with E-state index in [-0.39, 0.29) is 11.3 Å². The van der Waals surface area contributed by atoms with Crippen molar-refractivity contribution in [2.75, 3.05) is 19.0 Å². The Bertz CT molecular complexity index is 442. The first-order valence-corrected chi connectivity index (χ1v) is 5.12. The average molecular weight is 236 g/mol. The molecule has 0 atom stereocenters. The highest BCUT2D eigenvalue weighted by atomic mass is 16.5. The van der Waals surface area contributed by atoms with Crippen LogP contribution >= 0.6 is 0 Å². The zero-order chi connectivity index (χ0) is 12.9. The Balaban J connectivity index is 2.78. The average Bonchev–Trinajstić information content (AvgIpc) is 2.67. The second-order valence-corrected chi connectivity index (χ2v) is 4.23. The van der Waals surface area contributed by atoms with Crippen LogP contribution in [0.25, 0.3) is 0 Å². The molecule has 17 heavy (non-hydrogen) atoms. The summed E-state index contributed by atoms with van der Waals surface area (Å²) in [5, 5.41) is 6.41. The molecule has 0 spiro atoms. The molecule has 92 valence electrons. The maximum Gasteiger partial charge on any atom is 0.258 e. The number of hydrogen-bond donors (Lipinski definition) is 1. The molecule has 1 aromatic rings. The summed E-state index contributed by atoms with van der Waals surface area (Å²) < 4.78 is 10.1. The van der Waals surface area contributed by atoms with Crippen LogP contribution in [0.4, 0.5) is 5.88 Å². The lowest BCUT2D eigenvalue weighted by atomic mass is 9.90. The number of anilines is 1. The second-order valence-electron chi connectivity index (χ2n) is 4.23. The molecular formula is C12H16N2O3. The van der Waals surface area contributed by atoms with Crippen molar-refractivity contribution in [3.8, 4) is 0 Å². The predicted octanol–water partition coefficient (Wildman–Crippen LogP) is 1.88. The van der Waals surface area contributed by atoms with Crippen molar-refractivity contribution in [3.05, 3.63) is 30.1 Å². The van der Waals surface area contributed by atoms with E-state index in [9.17, 15) is 4.79 Å². The number of ether oxygens (including phenoxy) is 1. The van der Waals surface area contributed by atoms with Gasteiger partial charge in [0.25, 0.3) is 5.91 Å². The molecule has 1 amide bonds. The van der Waals surface area contributed by atoms with E-state index < -0.39 is 0 Å². The Kier molecular flexibility index (Phi) is 4.26. The molecule has 1 aromatic heterocycles. The van der Waals surface area contributed by atoms with Gasteiger partial charge in [-0.05, 0) is 0 Å². The summed E-state index contributed by atoms with van der Waals surface area (Å²) in [6, 6.07) is 1.67. The monoisotopic (exact) mass is 236 g/mol. The van der Waals surface area contributed by atoms with Crippen LogP contribution in [0.2, 0.25) is 0 Å². The van der Waals surface area contributed by atoms with Crippen molar-refractivity contribution in [2.24, 2.45) is 0 Å². The number of rotatable bonds is 5. The van der Waals surface area contributed by atoms with E-state index in [1.54, 1.807) is 13.2 Å². The van der Waals surface area contributed by atoms with Crippen molar-refractivity contribution in [3.63, 3.8) is 0 Å². The molecule has 1 heterocycles. The van der Waals surface area contributed by atoms with Gasteiger partial charge in [0.15, 0.2) is 0 Å². The summed E-state index contributed by atoms with van der Waals surface area (Å²) in [5.41, 5.74) is 2.83. The molecular weight excluding hydrogens is 220 g/mol. The Morgan fingerprint density at radius 1 is 1.76 bits per heavy atom. The Morgan fingerprint density at radius 3 is 3.06 bits per heavy atom. The third kappa shape index (κ3) is 3.59. The van der Waals surface area contributed by atoms with Crippen molar-refractivity contribution >= 4 is 11.8 Å². The number of nitrogens with one attached hydrogen (secondary N) is 1. The first-order chi connectivity index (χ1) is 7.99. The van der Waals surface area contributed by atoms with Gasteiger partial charge in [-0.3, -0.25) is 10.1 Å². The Hall–Kier alpha value is -1.84. The minimum absolute atomic E-state index is 0.268. The number of carbonyl (C=O) groups excluding carboxylic acids is 1. The number of hydrogen-bond acceptors (Lipinski definition) is 4. The van der Waals surface area contributed by atoms with E-state index in [0.29, 0.717) is 12.5 Å². The van der Waals surface area contributed by atoms with E-state index in [1.807, 2.05) is 13.8 Å². The number of methoxy groups -OCH3 is 1. The minimum atomic E-state index is -0.354. The van der Waals surface area contributed by atoms with Gasteiger partial charge in [0, 0.05) is 24.7 Å². The van der Waals surface area contributed by atoms with Crippen LogP contribution in [0.5, 0.6) is 0 Å². The molecule has 0 aliphatic rings. The summed E-state index contributed by atoms with van der Waals surface area (Å²) in [4.78, 5) is 11.2. The van der Waals surface area contributed by atoms with Gasteiger partial charge in [-0.2, -0.15) is 0 Å². The molecule has 0 fully saturated rings. The highest BCUT2D eigenvalue weighted by Gasteiger charge is 2.25. The second kappa shape index (κ2) is 5.48. The highest BCUT2D eigenvalue weighted by Crippen LogP contribution is 2.24. The third-order valence-electron chi connectivity index (χ3n) is 2.19. The lowest BCUT2D eigenvalue weighted by Crippen LogP contribution is -2.23. The first kappa shape index (κ1) is 13.2. The Labute approximate surface area is 100 Å². The molecule has 0 aromatic carbocycles. The molecule has 5 heteroatoms. The standard InChI is InChI=1S/C12H16N2O3/c1-5-6-10(15)13-11-7-9(14-17-11)12(2,3)8-16-4/h6-7H,1,8H2,2-4H3,(H,13,15). The molecule has 0 radical (unpaired) electrons. The molecule has 0 aliphatic carbocycles. The van der Waals surface area contributed by atoms with Gasteiger partial charge in [0.2, 0.25) is 5.88 Å². The topological polar surface area (TPSA) is 64.4 Å². The fraction of sp³-hybridized carbons (Fsp3) is 0.417. The van der Waals surface area contributed by atoms with Crippen LogP contribution in [0.1, 0.15) is 19.5 Å². The van der Waals surface area contributed by atoms with E-state index in [4.69, 9.17) is 9.26 Å². The quantitative estimate of drug-likeness (QED) is 0.626. The van der Waals surface area contributed by atoms with E-state index in [2.05, 4.69) is 22.8 Å². The van der Waals surface area contributed by atoms with Gasteiger partial charge in [-0.15, -0.1) is 5.73 Å². The largest absolute Gasteiger partial charge is 0.384 e. The first-order valence-electron chi connectivity index (χ1n) is 5.12. The zero-order valence-electron chi connectivity index (χ0n) is 10.2. The van der Waals surface area contributed by atoms with Gasteiger partial charge < -0.3 is 9.26 Å². The molecule has 1 N–H and O–H groups in total.